The second-order valence-corrected chi connectivity index (χ2v) is 4.44. The summed E-state index contributed by atoms with van der Waals surface area (Å²) >= 11 is 3.45. The number of halogens is 1. The molecule has 0 aliphatic heterocycles. The molecule has 0 spiro atoms. The van der Waals surface area contributed by atoms with E-state index in [0.29, 0.717) is 0 Å². The van der Waals surface area contributed by atoms with Gasteiger partial charge in [-0.15, -0.1) is 0 Å². The van der Waals surface area contributed by atoms with E-state index < -0.39 is 5.97 Å². The highest BCUT2D eigenvalue weighted by atomic mass is 79.9. The molecule has 3 N–H and O–H groups in total. The van der Waals surface area contributed by atoms with Gasteiger partial charge in [-0.1, -0.05) is 40.2 Å². The van der Waals surface area contributed by atoms with Gasteiger partial charge in [-0.25, -0.2) is 4.79 Å². The molecule has 0 heterocycles. The van der Waals surface area contributed by atoms with Crippen LogP contribution in [-0.4, -0.2) is 11.1 Å². The van der Waals surface area contributed by atoms with Crippen molar-refractivity contribution in [2.24, 2.45) is 0 Å². The minimum absolute atomic E-state index is 0.126. The molecule has 4 heteroatoms. The second-order valence-electron chi connectivity index (χ2n) is 3.59. The molecule has 0 fully saturated rings. The largest absolute Gasteiger partial charge is 0.478 e. The van der Waals surface area contributed by atoms with E-state index in [2.05, 4.69) is 15.9 Å². The maximum absolute atomic E-state index is 10.8. The summed E-state index contributed by atoms with van der Waals surface area (Å²) in [5.41, 5.74) is 7.98. The number of carboxylic acids is 1. The highest BCUT2D eigenvalue weighted by molar-refractivity contribution is 9.10. The van der Waals surface area contributed by atoms with Crippen LogP contribution in [0.2, 0.25) is 0 Å². The SMILES string of the molecule is Nc1cc(-c2ccccc2Br)ccc1C(=O)O. The van der Waals surface area contributed by atoms with Crippen molar-refractivity contribution >= 4 is 27.6 Å². The smallest absolute Gasteiger partial charge is 0.337 e. The first kappa shape index (κ1) is 11.7. The molecule has 2 aromatic carbocycles. The summed E-state index contributed by atoms with van der Waals surface area (Å²) in [6.45, 7) is 0. The van der Waals surface area contributed by atoms with E-state index in [9.17, 15) is 4.79 Å². The fourth-order valence-electron chi connectivity index (χ4n) is 1.62. The average Bonchev–Trinajstić information content (AvgIpc) is 2.29. The van der Waals surface area contributed by atoms with Crippen LogP contribution in [0, 0.1) is 0 Å². The summed E-state index contributed by atoms with van der Waals surface area (Å²) in [4.78, 5) is 10.8. The third kappa shape index (κ3) is 2.31. The molecule has 0 atom stereocenters. The van der Waals surface area contributed by atoms with Crippen LogP contribution >= 0.6 is 15.9 Å². The van der Waals surface area contributed by atoms with Gasteiger partial charge in [-0.2, -0.15) is 0 Å². The monoisotopic (exact) mass is 291 g/mol. The van der Waals surface area contributed by atoms with Crippen LogP contribution in [0.15, 0.2) is 46.9 Å². The lowest BCUT2D eigenvalue weighted by molar-refractivity contribution is 0.0698. The van der Waals surface area contributed by atoms with Crippen molar-refractivity contribution in [1.82, 2.24) is 0 Å². The van der Waals surface area contributed by atoms with Gasteiger partial charge >= 0.3 is 5.97 Å². The Kier molecular flexibility index (Phi) is 3.15. The summed E-state index contributed by atoms with van der Waals surface area (Å²) < 4.78 is 0.947. The number of carboxylic acid groups (broad SMARTS) is 1. The molecule has 0 saturated carbocycles. The van der Waals surface area contributed by atoms with Gasteiger partial charge in [0.05, 0.1) is 5.56 Å². The van der Waals surface area contributed by atoms with Crippen molar-refractivity contribution in [2.45, 2.75) is 0 Å². The Labute approximate surface area is 107 Å². The van der Waals surface area contributed by atoms with Crippen molar-refractivity contribution < 1.29 is 9.90 Å². The summed E-state index contributed by atoms with van der Waals surface area (Å²) in [5.74, 6) is -1.01. The predicted octanol–water partition coefficient (Wildman–Crippen LogP) is 3.40. The van der Waals surface area contributed by atoms with Gasteiger partial charge in [-0.3, -0.25) is 0 Å². The van der Waals surface area contributed by atoms with Gasteiger partial charge < -0.3 is 10.8 Å². The first-order valence-electron chi connectivity index (χ1n) is 4.97. The normalized spacial score (nSPS) is 10.2. The van der Waals surface area contributed by atoms with Gasteiger partial charge in [-0.05, 0) is 29.3 Å². The summed E-state index contributed by atoms with van der Waals surface area (Å²) in [6.07, 6.45) is 0. The number of hydrogen-bond acceptors (Lipinski definition) is 2. The number of anilines is 1. The minimum Gasteiger partial charge on any atom is -0.478 e. The number of aromatic carboxylic acids is 1. The topological polar surface area (TPSA) is 63.3 Å². The number of nitrogen functional groups attached to an aromatic ring is 1. The predicted molar refractivity (Wildman–Crippen MR) is 70.9 cm³/mol. The van der Waals surface area contributed by atoms with Crippen LogP contribution in [0.4, 0.5) is 5.69 Å². The van der Waals surface area contributed by atoms with Gasteiger partial charge in [0.1, 0.15) is 0 Å². The summed E-state index contributed by atoms with van der Waals surface area (Å²) in [5, 5.41) is 8.89. The second kappa shape index (κ2) is 4.59. The van der Waals surface area contributed by atoms with E-state index in [1.165, 1.54) is 6.07 Å². The molecule has 0 bridgehead atoms. The minimum atomic E-state index is -1.01. The van der Waals surface area contributed by atoms with Gasteiger partial charge in [0, 0.05) is 10.2 Å². The third-order valence-corrected chi connectivity index (χ3v) is 3.16. The summed E-state index contributed by atoms with van der Waals surface area (Å²) in [7, 11) is 0. The Morgan fingerprint density at radius 2 is 1.88 bits per heavy atom. The number of benzene rings is 2. The van der Waals surface area contributed by atoms with Crippen LogP contribution < -0.4 is 5.73 Å². The maximum Gasteiger partial charge on any atom is 0.337 e. The van der Waals surface area contributed by atoms with Crippen LogP contribution in [-0.2, 0) is 0 Å². The van der Waals surface area contributed by atoms with E-state index in [-0.39, 0.29) is 11.3 Å². The van der Waals surface area contributed by atoms with E-state index >= 15 is 0 Å². The van der Waals surface area contributed by atoms with Crippen LogP contribution in [0.5, 0.6) is 0 Å². The van der Waals surface area contributed by atoms with Gasteiger partial charge in [0.15, 0.2) is 0 Å². The highest BCUT2D eigenvalue weighted by Gasteiger charge is 2.09. The molecule has 0 radical (unpaired) electrons. The molecule has 3 nitrogen and oxygen atoms in total. The lowest BCUT2D eigenvalue weighted by atomic mass is 10.0. The van der Waals surface area contributed by atoms with Crippen LogP contribution in [0.1, 0.15) is 10.4 Å². The van der Waals surface area contributed by atoms with Gasteiger partial charge in [0.25, 0.3) is 0 Å². The Bertz CT molecular complexity index is 581. The molecule has 0 aliphatic carbocycles. The Hall–Kier alpha value is -1.81. The molecule has 0 aromatic heterocycles. The lowest BCUT2D eigenvalue weighted by Gasteiger charge is -2.07. The Balaban J connectivity index is 2.52. The van der Waals surface area contributed by atoms with E-state index in [4.69, 9.17) is 10.8 Å². The molecule has 0 aliphatic rings. The van der Waals surface area contributed by atoms with Crippen LogP contribution in [0.25, 0.3) is 11.1 Å². The number of rotatable bonds is 2. The molecule has 2 aromatic rings. The molecular weight excluding hydrogens is 282 g/mol. The zero-order valence-electron chi connectivity index (χ0n) is 8.85. The molecule has 17 heavy (non-hydrogen) atoms. The average molecular weight is 292 g/mol. The van der Waals surface area contributed by atoms with Crippen molar-refractivity contribution in [3.63, 3.8) is 0 Å². The Morgan fingerprint density at radius 1 is 1.18 bits per heavy atom. The molecular formula is C13H10BrNO2. The number of hydrogen-bond donors (Lipinski definition) is 2. The fraction of sp³-hybridized carbons (Fsp3) is 0. The molecule has 0 unspecified atom stereocenters. The molecule has 0 amide bonds. The van der Waals surface area contributed by atoms with Crippen molar-refractivity contribution in [3.8, 4) is 11.1 Å². The van der Waals surface area contributed by atoms with Crippen molar-refractivity contribution in [3.05, 3.63) is 52.5 Å². The zero-order valence-corrected chi connectivity index (χ0v) is 10.4. The van der Waals surface area contributed by atoms with Crippen molar-refractivity contribution in [2.75, 3.05) is 5.73 Å². The first-order chi connectivity index (χ1) is 8.09. The van der Waals surface area contributed by atoms with E-state index in [0.717, 1.165) is 15.6 Å². The fourth-order valence-corrected chi connectivity index (χ4v) is 2.13. The molecule has 86 valence electrons. The first-order valence-corrected chi connectivity index (χ1v) is 5.76. The molecule has 2 rings (SSSR count). The standard InChI is InChI=1S/C13H10BrNO2/c14-11-4-2-1-3-9(11)8-5-6-10(13(16)17)12(15)7-8/h1-7H,15H2,(H,16,17). The maximum atomic E-state index is 10.8. The summed E-state index contributed by atoms with van der Waals surface area (Å²) in [6, 6.07) is 12.6. The molecule has 0 saturated heterocycles. The van der Waals surface area contributed by atoms with E-state index in [1.807, 2.05) is 24.3 Å². The highest BCUT2D eigenvalue weighted by Crippen LogP contribution is 2.30. The van der Waals surface area contributed by atoms with Crippen LogP contribution in [0.3, 0.4) is 0 Å². The van der Waals surface area contributed by atoms with Crippen molar-refractivity contribution in [1.29, 1.82) is 0 Å². The lowest BCUT2D eigenvalue weighted by Crippen LogP contribution is -2.02. The van der Waals surface area contributed by atoms with Gasteiger partial charge in [0.2, 0.25) is 0 Å². The number of nitrogens with two attached hydrogens (primary N) is 1. The van der Waals surface area contributed by atoms with E-state index in [1.54, 1.807) is 12.1 Å². The zero-order chi connectivity index (χ0) is 12.4. The Morgan fingerprint density at radius 3 is 2.47 bits per heavy atom. The quantitative estimate of drug-likeness (QED) is 0.834. The number of carbonyl (C=O) groups is 1. The third-order valence-electron chi connectivity index (χ3n) is 2.47.